The van der Waals surface area contributed by atoms with Gasteiger partial charge in [-0.3, -0.25) is 0 Å². The molecule has 0 aliphatic rings. The minimum atomic E-state index is 0. The summed E-state index contributed by atoms with van der Waals surface area (Å²) in [5, 5.41) is 0. The third-order valence-electron chi connectivity index (χ3n) is 0. The van der Waals surface area contributed by atoms with Crippen LogP contribution >= 0.6 is 11.6 Å². The van der Waals surface area contributed by atoms with Crippen LogP contribution in [0.2, 0.25) is 0 Å². The molecule has 0 aromatic rings. The molecule has 0 aromatic carbocycles. The maximum atomic E-state index is 8.45. The second kappa shape index (κ2) is 9.54. The van der Waals surface area contributed by atoms with E-state index in [-0.39, 0.29) is 19.5 Å². The van der Waals surface area contributed by atoms with Crippen molar-refractivity contribution in [1.29, 1.82) is 0 Å². The normalized spacial score (nSPS) is 3.25. The van der Waals surface area contributed by atoms with Gasteiger partial charge in [0.25, 0.3) is 0 Å². The van der Waals surface area contributed by atoms with Crippen LogP contribution in [0.4, 0.5) is 0 Å². The van der Waals surface area contributed by atoms with Gasteiger partial charge in [-0.1, -0.05) is 0 Å². The SMILES string of the molecule is O=[C-]Cl.[Ru+]. The Balaban J connectivity index is 0. The van der Waals surface area contributed by atoms with Gasteiger partial charge in [0.15, 0.2) is 0 Å². The monoisotopic (exact) mass is 165 g/mol. The van der Waals surface area contributed by atoms with Crippen LogP contribution < -0.4 is 0 Å². The molecule has 1 nitrogen and oxygen atoms in total. The number of hydrogen-bond acceptors (Lipinski definition) is 1. The molecule has 0 heterocycles. The fourth-order valence-corrected chi connectivity index (χ4v) is 0. The average molecular weight is 165 g/mol. The molecule has 0 spiro atoms. The molecule has 0 aromatic heterocycles. The molecule has 0 unspecified atom stereocenters. The van der Waals surface area contributed by atoms with Crippen LogP contribution in [0.3, 0.4) is 0 Å². The van der Waals surface area contributed by atoms with Crippen LogP contribution in [-0.2, 0) is 24.3 Å². The third-order valence-corrected chi connectivity index (χ3v) is 0. The van der Waals surface area contributed by atoms with Gasteiger partial charge in [0.1, 0.15) is 0 Å². The number of carbonyl (C=O) groups excluding carboxylic acids is 1. The van der Waals surface area contributed by atoms with Crippen LogP contribution in [0.5, 0.6) is 0 Å². The first-order valence-electron chi connectivity index (χ1n) is 0.393. The summed E-state index contributed by atoms with van der Waals surface area (Å²) in [5.74, 6) is 0.972. The maximum Gasteiger partial charge on any atom is 1.00 e. The van der Waals surface area contributed by atoms with E-state index >= 15 is 0 Å². The van der Waals surface area contributed by atoms with E-state index in [1.807, 2.05) is 0 Å². The van der Waals surface area contributed by atoms with Crippen molar-refractivity contribution in [2.45, 2.75) is 0 Å². The zero-order chi connectivity index (χ0) is 2.71. The maximum absolute atomic E-state index is 8.45. The minimum absolute atomic E-state index is 0. The second-order valence-corrected chi connectivity index (χ2v) is 0.231. The van der Waals surface area contributed by atoms with Gasteiger partial charge in [-0.05, 0) is 0 Å². The molecule has 4 heavy (non-hydrogen) atoms. The second-order valence-electron chi connectivity index (χ2n) is 0.0772. The van der Waals surface area contributed by atoms with Gasteiger partial charge in [0, 0.05) is 0 Å². The molecule has 0 aliphatic heterocycles. The minimum Gasteiger partial charge on any atom is -0.525 e. The zero-order valence-corrected chi connectivity index (χ0v) is 4.13. The van der Waals surface area contributed by atoms with E-state index in [0.29, 0.717) is 0 Å². The summed E-state index contributed by atoms with van der Waals surface area (Å²) < 4.78 is 0. The quantitative estimate of drug-likeness (QED) is 0.286. The van der Waals surface area contributed by atoms with Crippen molar-refractivity contribution in [3.05, 3.63) is 0 Å². The van der Waals surface area contributed by atoms with Crippen molar-refractivity contribution in [2.24, 2.45) is 0 Å². The van der Waals surface area contributed by atoms with E-state index in [2.05, 4.69) is 11.6 Å². The Hall–Kier alpha value is 0.583. The van der Waals surface area contributed by atoms with Gasteiger partial charge in [0.05, 0.1) is 0 Å². The molecule has 0 saturated carbocycles. The molecular formula is CClORu. The van der Waals surface area contributed by atoms with E-state index in [1.165, 1.54) is 0 Å². The molecule has 25 valence electrons. The fourth-order valence-electron chi connectivity index (χ4n) is 0. The molecule has 0 N–H and O–H groups in total. The van der Waals surface area contributed by atoms with Crippen LogP contribution in [0.1, 0.15) is 0 Å². The Bertz CT molecular complexity index is 15.5. The van der Waals surface area contributed by atoms with Crippen molar-refractivity contribution in [1.82, 2.24) is 0 Å². The summed E-state index contributed by atoms with van der Waals surface area (Å²) in [5.41, 5.74) is 0. The van der Waals surface area contributed by atoms with Crippen LogP contribution in [-0.4, -0.2) is 5.75 Å². The molecule has 0 atom stereocenters. The number of halogens is 1. The molecule has 0 saturated heterocycles. The standard InChI is InChI=1S/CClO.Ru/c2-1-3;/q-1;+1. The molecule has 3 heteroatoms. The van der Waals surface area contributed by atoms with Gasteiger partial charge in [-0.2, -0.15) is 5.75 Å². The van der Waals surface area contributed by atoms with Gasteiger partial charge >= 0.3 is 19.5 Å². The Morgan fingerprint density at radius 3 is 1.75 bits per heavy atom. The van der Waals surface area contributed by atoms with Crippen LogP contribution in [0, 0.1) is 0 Å². The fraction of sp³-hybridized carbons (Fsp3) is 0. The third kappa shape index (κ3) is 19.0. The first-order chi connectivity index (χ1) is 1.41. The summed E-state index contributed by atoms with van der Waals surface area (Å²) in [7, 11) is 0. The van der Waals surface area contributed by atoms with Gasteiger partial charge in [-0.15, -0.1) is 0 Å². The van der Waals surface area contributed by atoms with Crippen molar-refractivity contribution in [2.75, 3.05) is 0 Å². The predicted octanol–water partition coefficient (Wildman–Crippen LogP) is 0.290. The largest absolute Gasteiger partial charge is 1.00 e. The van der Waals surface area contributed by atoms with Gasteiger partial charge in [0.2, 0.25) is 0 Å². The first-order valence-corrected chi connectivity index (χ1v) is 0.771. The summed E-state index contributed by atoms with van der Waals surface area (Å²) in [6.07, 6.45) is 0. The van der Waals surface area contributed by atoms with Crippen molar-refractivity contribution >= 4 is 17.3 Å². The molecule has 0 amide bonds. The van der Waals surface area contributed by atoms with Crippen LogP contribution in [0.15, 0.2) is 0 Å². The summed E-state index contributed by atoms with van der Waals surface area (Å²) >= 11 is 4.19. The topological polar surface area (TPSA) is 17.1 Å². The Morgan fingerprint density at radius 1 is 1.75 bits per heavy atom. The van der Waals surface area contributed by atoms with Crippen molar-refractivity contribution < 1.29 is 24.3 Å². The zero-order valence-electron chi connectivity index (χ0n) is 1.64. The summed E-state index contributed by atoms with van der Waals surface area (Å²) in [4.78, 5) is 8.45. The van der Waals surface area contributed by atoms with E-state index in [9.17, 15) is 0 Å². The average Bonchev–Trinajstić information content (AvgIpc) is 0.918. The Kier molecular flexibility index (Phi) is 21.0. The van der Waals surface area contributed by atoms with E-state index in [1.54, 1.807) is 0 Å². The van der Waals surface area contributed by atoms with E-state index in [4.69, 9.17) is 4.79 Å². The molecule has 1 radical (unpaired) electrons. The van der Waals surface area contributed by atoms with E-state index in [0.717, 1.165) is 5.75 Å². The summed E-state index contributed by atoms with van der Waals surface area (Å²) in [6, 6.07) is 0. The Morgan fingerprint density at radius 2 is 1.75 bits per heavy atom. The summed E-state index contributed by atoms with van der Waals surface area (Å²) in [6.45, 7) is 0. The molecule has 0 bridgehead atoms. The molecule has 0 aliphatic carbocycles. The smallest absolute Gasteiger partial charge is 0.525 e. The van der Waals surface area contributed by atoms with Gasteiger partial charge in [-0.25, -0.2) is 0 Å². The number of rotatable bonds is 0. The van der Waals surface area contributed by atoms with E-state index < -0.39 is 0 Å². The van der Waals surface area contributed by atoms with Crippen LogP contribution in [0.25, 0.3) is 0 Å². The Labute approximate surface area is 42.1 Å². The molecular weight excluding hydrogens is 165 g/mol. The van der Waals surface area contributed by atoms with Gasteiger partial charge < -0.3 is 16.4 Å². The number of hydrogen-bond donors (Lipinski definition) is 0. The molecule has 0 fully saturated rings. The van der Waals surface area contributed by atoms with Crippen molar-refractivity contribution in [3.8, 4) is 0 Å². The predicted molar refractivity (Wildman–Crippen MR) is 11.5 cm³/mol. The first kappa shape index (κ1) is 8.82. The molecule has 0 rings (SSSR count). The van der Waals surface area contributed by atoms with Crippen molar-refractivity contribution in [3.63, 3.8) is 0 Å².